The molecule has 8 nitrogen and oxygen atoms in total. The third-order valence-corrected chi connectivity index (χ3v) is 15.7. The van der Waals surface area contributed by atoms with Crippen molar-refractivity contribution < 1.29 is 0 Å². The van der Waals surface area contributed by atoms with Gasteiger partial charge >= 0.3 is 0 Å². The van der Waals surface area contributed by atoms with Gasteiger partial charge in [0.25, 0.3) is 0 Å². The van der Waals surface area contributed by atoms with Crippen LogP contribution in [0.15, 0.2) is 170 Å². The van der Waals surface area contributed by atoms with Gasteiger partial charge in [0, 0.05) is 32.7 Å². The Morgan fingerprint density at radius 3 is 0.956 bits per heavy atom. The lowest BCUT2D eigenvalue weighted by atomic mass is 9.73. The van der Waals surface area contributed by atoms with Gasteiger partial charge in [0.1, 0.15) is 33.1 Å². The zero-order valence-electron chi connectivity index (χ0n) is 37.6. The summed E-state index contributed by atoms with van der Waals surface area (Å²) < 4.78 is 19.0. The van der Waals surface area contributed by atoms with E-state index in [1.54, 1.807) is 0 Å². The van der Waals surface area contributed by atoms with E-state index in [1.807, 2.05) is 0 Å². The van der Waals surface area contributed by atoms with Crippen LogP contribution in [0.1, 0.15) is 49.9 Å². The number of aromatic nitrogens is 6. The van der Waals surface area contributed by atoms with Crippen molar-refractivity contribution in [2.24, 2.45) is 0 Å². The number of benzene rings is 9. The number of fused-ring (bicyclic) bond motifs is 12. The van der Waals surface area contributed by atoms with Crippen LogP contribution >= 0.6 is 23.5 Å². The minimum absolute atomic E-state index is 0.182. The summed E-state index contributed by atoms with van der Waals surface area (Å²) in [6, 6.07) is 61.7. The first kappa shape index (κ1) is 39.3. The molecule has 12 aromatic rings. The molecule has 10 heteroatoms. The van der Waals surface area contributed by atoms with E-state index in [0.29, 0.717) is 33.1 Å². The molecule has 0 atom stereocenters. The zero-order chi connectivity index (χ0) is 45.5. The Morgan fingerprint density at radius 2 is 0.603 bits per heavy atom. The molecule has 5 heterocycles. The lowest BCUT2D eigenvalue weighted by Crippen LogP contribution is -2.30. The minimum Gasteiger partial charge on any atom is -0.309 e. The van der Waals surface area contributed by atoms with Crippen molar-refractivity contribution in [2.45, 2.75) is 38.5 Å². The number of hydrogen-bond donors (Lipinski definition) is 0. The first-order valence-electron chi connectivity index (χ1n) is 22.9. The van der Waals surface area contributed by atoms with E-state index in [1.165, 1.54) is 45.0 Å². The molecular weight excluding hydrogens is 873 g/mol. The van der Waals surface area contributed by atoms with Gasteiger partial charge in [-0.3, -0.25) is 0 Å². The van der Waals surface area contributed by atoms with Crippen LogP contribution in [0.3, 0.4) is 0 Å². The second-order valence-electron chi connectivity index (χ2n) is 18.9. The summed E-state index contributed by atoms with van der Waals surface area (Å²) in [7, 11) is 0. The lowest BCUT2D eigenvalue weighted by molar-refractivity contribution is 0.632. The van der Waals surface area contributed by atoms with Gasteiger partial charge in [-0.05, 0) is 81.6 Å². The maximum atomic E-state index is 5.68. The maximum Gasteiger partial charge on any atom is 0.136 e. The average Bonchev–Trinajstić information content (AvgIpc) is 4.08. The van der Waals surface area contributed by atoms with Gasteiger partial charge in [-0.25, -0.2) is 9.97 Å². The summed E-state index contributed by atoms with van der Waals surface area (Å²) in [5.41, 5.74) is 19.2. The van der Waals surface area contributed by atoms with Crippen LogP contribution in [0.2, 0.25) is 0 Å². The van der Waals surface area contributed by atoms with E-state index < -0.39 is 0 Å². The van der Waals surface area contributed by atoms with Gasteiger partial charge in [0.15, 0.2) is 0 Å². The largest absolute Gasteiger partial charge is 0.309 e. The molecule has 0 saturated heterocycles. The first-order chi connectivity index (χ1) is 33.3. The number of rotatable bonds is 4. The Morgan fingerprint density at radius 1 is 0.309 bits per heavy atom. The topological polar surface area (TPSA) is 83.8 Å². The molecule has 3 aromatic heterocycles. The monoisotopic (exact) mass is 912 g/mol. The van der Waals surface area contributed by atoms with Crippen molar-refractivity contribution in [3.05, 3.63) is 192 Å². The molecule has 324 valence electrons. The molecule has 0 fully saturated rings. The summed E-state index contributed by atoms with van der Waals surface area (Å²) in [6.07, 6.45) is 0. The maximum absolute atomic E-state index is 5.68. The quantitative estimate of drug-likeness (QED) is 0.173. The van der Waals surface area contributed by atoms with Gasteiger partial charge in [0.2, 0.25) is 0 Å². The smallest absolute Gasteiger partial charge is 0.136 e. The van der Waals surface area contributed by atoms with E-state index >= 15 is 0 Å². The van der Waals surface area contributed by atoms with Crippen LogP contribution in [-0.2, 0) is 10.8 Å². The highest BCUT2D eigenvalue weighted by molar-refractivity contribution is 7.01. The average molecular weight is 913 g/mol. The van der Waals surface area contributed by atoms with Crippen molar-refractivity contribution in [3.63, 3.8) is 0 Å². The Kier molecular flexibility index (Phi) is 8.25. The summed E-state index contributed by atoms with van der Waals surface area (Å²) in [4.78, 5) is 16.2. The second kappa shape index (κ2) is 14.3. The molecule has 9 aromatic carbocycles. The van der Waals surface area contributed by atoms with Crippen molar-refractivity contribution in [1.82, 2.24) is 27.5 Å². The van der Waals surface area contributed by atoms with Crippen molar-refractivity contribution in [1.29, 1.82) is 0 Å². The van der Waals surface area contributed by atoms with Gasteiger partial charge in [0.05, 0.1) is 69.0 Å². The molecule has 0 aliphatic carbocycles. The fourth-order valence-electron chi connectivity index (χ4n) is 11.4. The number of anilines is 6. The molecule has 0 bridgehead atoms. The number of para-hydroxylation sites is 4. The minimum atomic E-state index is -0.182. The molecule has 0 amide bonds. The predicted molar refractivity (Wildman–Crippen MR) is 281 cm³/mol. The Bertz CT molecular complexity index is 3730. The van der Waals surface area contributed by atoms with E-state index in [0.717, 1.165) is 78.9 Å². The van der Waals surface area contributed by atoms with Crippen LogP contribution in [0.5, 0.6) is 0 Å². The third-order valence-electron chi connectivity index (χ3n) is 14.6. The van der Waals surface area contributed by atoms with Gasteiger partial charge in [-0.1, -0.05) is 149 Å². The van der Waals surface area contributed by atoms with Gasteiger partial charge < -0.3 is 9.80 Å². The fraction of sp³-hybridized carbons (Fsp3) is 0.103. The molecular formula is C58H40N8S2. The normalized spacial score (nSPS) is 14.6. The molecule has 2 aliphatic heterocycles. The number of hydrogen-bond acceptors (Lipinski definition) is 10. The van der Waals surface area contributed by atoms with Gasteiger partial charge in [-0.15, -0.1) is 0 Å². The Balaban J connectivity index is 1.05. The van der Waals surface area contributed by atoms with Gasteiger partial charge in [-0.2, -0.15) is 17.5 Å². The third kappa shape index (κ3) is 5.35. The van der Waals surface area contributed by atoms with E-state index in [4.69, 9.17) is 27.5 Å². The first-order valence-corrected chi connectivity index (χ1v) is 24.4. The van der Waals surface area contributed by atoms with Crippen LogP contribution in [-0.4, -0.2) is 27.5 Å². The molecule has 0 N–H and O–H groups in total. The van der Waals surface area contributed by atoms with Crippen LogP contribution in [0.25, 0.3) is 77.2 Å². The summed E-state index contributed by atoms with van der Waals surface area (Å²) in [6.45, 7) is 9.31. The van der Waals surface area contributed by atoms with Crippen LogP contribution < -0.4 is 9.80 Å². The van der Waals surface area contributed by atoms with Crippen molar-refractivity contribution in [2.75, 3.05) is 9.80 Å². The summed E-state index contributed by atoms with van der Waals surface area (Å²) in [5, 5.41) is 4.34. The molecule has 2 aliphatic rings. The summed E-state index contributed by atoms with van der Waals surface area (Å²) >= 11 is 2.33. The fourth-order valence-corrected chi connectivity index (χ4v) is 12.5. The predicted octanol–water partition coefficient (Wildman–Crippen LogP) is 15.5. The highest BCUT2D eigenvalue weighted by Crippen LogP contribution is 2.56. The standard InChI is InChI=1S/C58H40N8S2/c1-57(2)39-21-9-13-25-45(39)65(46-26-14-10-22-40(46)57)43-31-29-37(33-17-5-7-19-35(33)43)49-50(60-52-51(59-49)53-55(63-67-61-53)56-54(52)62-68-64-56)38-30-32-44(36-20-8-6-18-34(36)38)66-47-27-15-11-23-41(47)58(3,4)42-24-12-16-28-48(42)66/h5-32H,1-4H3. The van der Waals surface area contributed by atoms with Crippen molar-refractivity contribution >= 4 is 112 Å². The molecule has 0 radical (unpaired) electrons. The van der Waals surface area contributed by atoms with Crippen LogP contribution in [0.4, 0.5) is 34.1 Å². The molecule has 68 heavy (non-hydrogen) atoms. The molecule has 0 unspecified atom stereocenters. The molecule has 0 saturated carbocycles. The van der Waals surface area contributed by atoms with Crippen LogP contribution in [0, 0.1) is 0 Å². The molecule has 14 rings (SSSR count). The lowest BCUT2D eigenvalue weighted by Gasteiger charge is -2.42. The Hall–Kier alpha value is -7.92. The van der Waals surface area contributed by atoms with Crippen molar-refractivity contribution in [3.8, 4) is 22.5 Å². The highest BCUT2D eigenvalue weighted by atomic mass is 32.1. The number of nitrogens with zero attached hydrogens (tertiary/aromatic N) is 8. The second-order valence-corrected chi connectivity index (χ2v) is 19.9. The van der Waals surface area contributed by atoms with E-state index in [9.17, 15) is 0 Å². The zero-order valence-corrected chi connectivity index (χ0v) is 39.2. The SMILES string of the molecule is CC1(C)c2ccccc2N(c2ccc(-c3nc4c5nsnc5c5nsnc5c4nc3-c3ccc(N4c5ccccc5C(C)(C)c5ccccc54)c4ccccc34)c3ccccc23)c2ccccc21. The van der Waals surface area contributed by atoms with E-state index in [2.05, 4.69) is 207 Å². The highest BCUT2D eigenvalue weighted by Gasteiger charge is 2.39. The summed E-state index contributed by atoms with van der Waals surface area (Å²) in [5.74, 6) is 0. The molecule has 0 spiro atoms. The van der Waals surface area contributed by atoms with E-state index in [-0.39, 0.29) is 10.8 Å². The Labute approximate surface area is 400 Å².